The largest absolute Gasteiger partial charge is 0.348 e. The van der Waals surface area contributed by atoms with Crippen LogP contribution in [0.4, 0.5) is 4.39 Å². The van der Waals surface area contributed by atoms with E-state index in [2.05, 4.69) is 5.32 Å². The first kappa shape index (κ1) is 13.3. The summed E-state index contributed by atoms with van der Waals surface area (Å²) in [6.07, 6.45) is 0. The minimum atomic E-state index is -0.455. The van der Waals surface area contributed by atoms with Gasteiger partial charge in [0, 0.05) is 6.54 Å². The van der Waals surface area contributed by atoms with E-state index in [4.69, 9.17) is 0 Å². The summed E-state index contributed by atoms with van der Waals surface area (Å²) in [6, 6.07) is 12.7. The second kappa shape index (κ2) is 5.65. The van der Waals surface area contributed by atoms with Crippen molar-refractivity contribution >= 4 is 5.91 Å². The molecule has 0 heterocycles. The van der Waals surface area contributed by atoms with Gasteiger partial charge < -0.3 is 5.32 Å². The van der Waals surface area contributed by atoms with E-state index < -0.39 is 5.82 Å². The van der Waals surface area contributed by atoms with Crippen LogP contribution < -0.4 is 5.32 Å². The standard InChI is InChI=1S/C16H16FNO/c1-11-6-8-13(9-7-11)10-18-16(19)14-5-3-4-12(2)15(14)17/h3-9H,10H2,1-2H3,(H,18,19). The Hall–Kier alpha value is -2.16. The first-order valence-electron chi connectivity index (χ1n) is 6.17. The van der Waals surface area contributed by atoms with E-state index >= 15 is 0 Å². The van der Waals surface area contributed by atoms with E-state index in [0.717, 1.165) is 5.56 Å². The molecule has 3 heteroatoms. The zero-order valence-corrected chi connectivity index (χ0v) is 11.0. The van der Waals surface area contributed by atoms with Crippen LogP contribution in [0.5, 0.6) is 0 Å². The Bertz CT molecular complexity index is 590. The van der Waals surface area contributed by atoms with E-state index in [1.807, 2.05) is 31.2 Å². The molecular formula is C16H16FNO. The van der Waals surface area contributed by atoms with Gasteiger partial charge in [-0.05, 0) is 31.0 Å². The Morgan fingerprint density at radius 1 is 1.11 bits per heavy atom. The van der Waals surface area contributed by atoms with Crippen LogP contribution in [-0.4, -0.2) is 5.91 Å². The molecule has 0 aliphatic heterocycles. The van der Waals surface area contributed by atoms with Crippen molar-refractivity contribution in [3.05, 3.63) is 70.5 Å². The average molecular weight is 257 g/mol. The molecule has 2 aromatic carbocycles. The van der Waals surface area contributed by atoms with Gasteiger partial charge in [0.05, 0.1) is 5.56 Å². The highest BCUT2D eigenvalue weighted by atomic mass is 19.1. The Balaban J connectivity index is 2.05. The molecule has 0 aliphatic rings. The van der Waals surface area contributed by atoms with Crippen molar-refractivity contribution in [2.45, 2.75) is 20.4 Å². The zero-order valence-electron chi connectivity index (χ0n) is 11.0. The van der Waals surface area contributed by atoms with Gasteiger partial charge in [0.25, 0.3) is 5.91 Å². The van der Waals surface area contributed by atoms with Crippen molar-refractivity contribution in [1.29, 1.82) is 0 Å². The molecule has 0 fully saturated rings. The van der Waals surface area contributed by atoms with E-state index in [9.17, 15) is 9.18 Å². The third-order valence-corrected chi connectivity index (χ3v) is 3.01. The fourth-order valence-electron chi connectivity index (χ4n) is 1.81. The van der Waals surface area contributed by atoms with E-state index in [1.165, 1.54) is 11.6 Å². The van der Waals surface area contributed by atoms with Crippen molar-refractivity contribution in [3.8, 4) is 0 Å². The third-order valence-electron chi connectivity index (χ3n) is 3.01. The Morgan fingerprint density at radius 3 is 2.47 bits per heavy atom. The number of halogens is 1. The normalized spacial score (nSPS) is 10.3. The van der Waals surface area contributed by atoms with Crippen LogP contribution in [-0.2, 0) is 6.54 Å². The molecule has 2 nitrogen and oxygen atoms in total. The molecule has 1 N–H and O–H groups in total. The van der Waals surface area contributed by atoms with Crippen LogP contribution >= 0.6 is 0 Å². The molecule has 0 unspecified atom stereocenters. The summed E-state index contributed by atoms with van der Waals surface area (Å²) in [7, 11) is 0. The molecule has 0 aromatic heterocycles. The lowest BCUT2D eigenvalue weighted by Crippen LogP contribution is -2.24. The number of hydrogen-bond donors (Lipinski definition) is 1. The SMILES string of the molecule is Cc1ccc(CNC(=O)c2cccc(C)c2F)cc1. The molecule has 0 aliphatic carbocycles. The number of carbonyl (C=O) groups excluding carboxylic acids is 1. The first-order valence-corrected chi connectivity index (χ1v) is 6.17. The van der Waals surface area contributed by atoms with Gasteiger partial charge in [0.2, 0.25) is 0 Å². The maximum atomic E-state index is 13.8. The monoisotopic (exact) mass is 257 g/mol. The summed E-state index contributed by atoms with van der Waals surface area (Å²) < 4.78 is 13.8. The quantitative estimate of drug-likeness (QED) is 0.897. The van der Waals surface area contributed by atoms with Gasteiger partial charge in [0.15, 0.2) is 0 Å². The number of amides is 1. The second-order valence-electron chi connectivity index (χ2n) is 4.60. The molecule has 0 radical (unpaired) electrons. The minimum Gasteiger partial charge on any atom is -0.348 e. The van der Waals surface area contributed by atoms with Crippen LogP contribution in [0.3, 0.4) is 0 Å². The molecular weight excluding hydrogens is 241 g/mol. The van der Waals surface area contributed by atoms with E-state index in [-0.39, 0.29) is 11.5 Å². The van der Waals surface area contributed by atoms with Gasteiger partial charge in [-0.1, -0.05) is 42.0 Å². The van der Waals surface area contributed by atoms with Crippen LogP contribution in [0.15, 0.2) is 42.5 Å². The van der Waals surface area contributed by atoms with Crippen molar-refractivity contribution in [1.82, 2.24) is 5.32 Å². The van der Waals surface area contributed by atoms with Gasteiger partial charge >= 0.3 is 0 Å². The number of nitrogens with one attached hydrogen (secondary N) is 1. The van der Waals surface area contributed by atoms with Gasteiger partial charge in [-0.2, -0.15) is 0 Å². The van der Waals surface area contributed by atoms with Gasteiger partial charge in [-0.3, -0.25) is 4.79 Å². The van der Waals surface area contributed by atoms with Crippen molar-refractivity contribution < 1.29 is 9.18 Å². The summed E-state index contributed by atoms with van der Waals surface area (Å²) in [5.74, 6) is -0.842. The molecule has 0 saturated carbocycles. The Kier molecular flexibility index (Phi) is 3.95. The molecule has 98 valence electrons. The van der Waals surface area contributed by atoms with E-state index in [1.54, 1.807) is 19.1 Å². The second-order valence-corrected chi connectivity index (χ2v) is 4.60. The first-order chi connectivity index (χ1) is 9.08. The highest BCUT2D eigenvalue weighted by Gasteiger charge is 2.12. The fraction of sp³-hybridized carbons (Fsp3) is 0.188. The molecule has 2 rings (SSSR count). The zero-order chi connectivity index (χ0) is 13.8. The van der Waals surface area contributed by atoms with Gasteiger partial charge in [-0.15, -0.1) is 0 Å². The summed E-state index contributed by atoms with van der Waals surface area (Å²) >= 11 is 0. The predicted octanol–water partition coefficient (Wildman–Crippen LogP) is 3.37. The van der Waals surface area contributed by atoms with Crippen molar-refractivity contribution in [2.24, 2.45) is 0 Å². The van der Waals surface area contributed by atoms with Crippen LogP contribution in [0.2, 0.25) is 0 Å². The lowest BCUT2D eigenvalue weighted by molar-refractivity contribution is 0.0946. The van der Waals surface area contributed by atoms with Gasteiger partial charge in [0.1, 0.15) is 5.82 Å². The molecule has 0 bridgehead atoms. The Labute approximate surface area is 112 Å². The highest BCUT2D eigenvalue weighted by molar-refractivity contribution is 5.94. The maximum absolute atomic E-state index is 13.8. The highest BCUT2D eigenvalue weighted by Crippen LogP contribution is 2.12. The smallest absolute Gasteiger partial charge is 0.254 e. The molecule has 0 atom stereocenters. The number of aryl methyl sites for hydroxylation is 2. The summed E-state index contributed by atoms with van der Waals surface area (Å²) in [6.45, 7) is 4.04. The third kappa shape index (κ3) is 3.19. The molecule has 2 aromatic rings. The summed E-state index contributed by atoms with van der Waals surface area (Å²) in [5, 5.41) is 2.72. The van der Waals surface area contributed by atoms with Crippen LogP contribution in [0.1, 0.15) is 27.0 Å². The van der Waals surface area contributed by atoms with E-state index in [0.29, 0.717) is 12.1 Å². The lowest BCUT2D eigenvalue weighted by Gasteiger charge is -2.07. The van der Waals surface area contributed by atoms with Crippen molar-refractivity contribution in [2.75, 3.05) is 0 Å². The number of carbonyl (C=O) groups is 1. The molecule has 19 heavy (non-hydrogen) atoms. The fourth-order valence-corrected chi connectivity index (χ4v) is 1.81. The maximum Gasteiger partial charge on any atom is 0.254 e. The number of hydrogen-bond acceptors (Lipinski definition) is 1. The lowest BCUT2D eigenvalue weighted by atomic mass is 10.1. The van der Waals surface area contributed by atoms with Crippen LogP contribution in [0.25, 0.3) is 0 Å². The average Bonchev–Trinajstić information content (AvgIpc) is 2.41. The minimum absolute atomic E-state index is 0.0899. The Morgan fingerprint density at radius 2 is 1.79 bits per heavy atom. The number of benzene rings is 2. The number of rotatable bonds is 3. The predicted molar refractivity (Wildman–Crippen MR) is 73.5 cm³/mol. The van der Waals surface area contributed by atoms with Gasteiger partial charge in [-0.25, -0.2) is 4.39 Å². The summed E-state index contributed by atoms with van der Waals surface area (Å²) in [4.78, 5) is 11.9. The molecule has 0 saturated heterocycles. The summed E-state index contributed by atoms with van der Waals surface area (Å²) in [5.41, 5.74) is 2.72. The molecule has 1 amide bonds. The van der Waals surface area contributed by atoms with Crippen LogP contribution in [0, 0.1) is 19.7 Å². The molecule has 0 spiro atoms. The topological polar surface area (TPSA) is 29.1 Å². The van der Waals surface area contributed by atoms with Crippen molar-refractivity contribution in [3.63, 3.8) is 0 Å².